The smallest absolute Gasteiger partial charge is 0.336 e. The molecule has 0 radical (unpaired) electrons. The first-order valence-electron chi connectivity index (χ1n) is 5.69. The maximum Gasteiger partial charge on any atom is 0.336 e. The van der Waals surface area contributed by atoms with Crippen LogP contribution in [0.3, 0.4) is 0 Å². The number of carbonyl (C=O) groups excluding carboxylic acids is 1. The second-order valence-corrected chi connectivity index (χ2v) is 3.80. The topological polar surface area (TPSA) is 82.3 Å². The summed E-state index contributed by atoms with van der Waals surface area (Å²) in [6.45, 7) is 0. The number of hydrogen-bond acceptors (Lipinski definition) is 5. The molecule has 6 nitrogen and oxygen atoms in total. The molecule has 0 aliphatic rings. The number of pyridine rings is 1. The molecule has 1 heterocycles. The largest absolute Gasteiger partial charge is 0.422 e. The van der Waals surface area contributed by atoms with Crippen LogP contribution in [0.1, 0.15) is 5.56 Å². The lowest BCUT2D eigenvalue weighted by Gasteiger charge is -1.99. The summed E-state index contributed by atoms with van der Waals surface area (Å²) in [5, 5.41) is 10.6. The lowest BCUT2D eigenvalue weighted by molar-refractivity contribution is -0.384. The number of rotatable bonds is 4. The molecule has 0 aliphatic heterocycles. The predicted molar refractivity (Wildman–Crippen MR) is 72.0 cm³/mol. The first kappa shape index (κ1) is 13.4. The van der Waals surface area contributed by atoms with E-state index in [-0.39, 0.29) is 5.69 Å². The zero-order valence-electron chi connectivity index (χ0n) is 10.3. The maximum absolute atomic E-state index is 11.5. The average molecular weight is 270 g/mol. The van der Waals surface area contributed by atoms with Gasteiger partial charge in [0.25, 0.3) is 5.69 Å². The van der Waals surface area contributed by atoms with Crippen molar-refractivity contribution in [2.75, 3.05) is 0 Å². The number of non-ortho nitro benzene ring substituents is 1. The summed E-state index contributed by atoms with van der Waals surface area (Å²) in [4.78, 5) is 25.5. The van der Waals surface area contributed by atoms with Crippen LogP contribution >= 0.6 is 0 Å². The number of aromatic nitrogens is 1. The van der Waals surface area contributed by atoms with Gasteiger partial charge in [-0.3, -0.25) is 15.1 Å². The zero-order chi connectivity index (χ0) is 14.4. The van der Waals surface area contributed by atoms with Crippen LogP contribution in [0.2, 0.25) is 0 Å². The van der Waals surface area contributed by atoms with Crippen LogP contribution in [0, 0.1) is 10.1 Å². The molecule has 0 atom stereocenters. The van der Waals surface area contributed by atoms with Crippen LogP contribution in [0.25, 0.3) is 6.08 Å². The normalized spacial score (nSPS) is 10.4. The first-order chi connectivity index (χ1) is 9.65. The Hall–Kier alpha value is -3.02. The minimum Gasteiger partial charge on any atom is -0.422 e. The third kappa shape index (κ3) is 3.74. The molecule has 0 bridgehead atoms. The van der Waals surface area contributed by atoms with E-state index in [4.69, 9.17) is 4.74 Å². The molecule has 0 N–H and O–H groups in total. The molecule has 0 unspecified atom stereocenters. The zero-order valence-corrected chi connectivity index (χ0v) is 10.3. The van der Waals surface area contributed by atoms with Crippen LogP contribution in [-0.2, 0) is 4.79 Å². The number of ether oxygens (including phenoxy) is 1. The molecule has 0 amide bonds. The van der Waals surface area contributed by atoms with Gasteiger partial charge < -0.3 is 4.74 Å². The second kappa shape index (κ2) is 6.24. The lowest BCUT2D eigenvalue weighted by Crippen LogP contribution is -2.03. The van der Waals surface area contributed by atoms with E-state index < -0.39 is 10.9 Å². The molecule has 0 saturated carbocycles. The number of nitrogens with zero attached hydrogens (tertiary/aromatic N) is 2. The van der Waals surface area contributed by atoms with Crippen molar-refractivity contribution in [3.05, 3.63) is 70.5 Å². The highest BCUT2D eigenvalue weighted by Gasteiger charge is 2.04. The van der Waals surface area contributed by atoms with Crippen LogP contribution in [-0.4, -0.2) is 15.9 Å². The highest BCUT2D eigenvalue weighted by molar-refractivity contribution is 5.88. The van der Waals surface area contributed by atoms with E-state index in [1.165, 1.54) is 30.5 Å². The number of carbonyl (C=O) groups is 1. The fraction of sp³-hybridized carbons (Fsp3) is 0. The molecule has 20 heavy (non-hydrogen) atoms. The fourth-order valence-corrected chi connectivity index (χ4v) is 1.46. The molecule has 0 aliphatic carbocycles. The summed E-state index contributed by atoms with van der Waals surface area (Å²) in [6, 6.07) is 9.20. The van der Waals surface area contributed by atoms with Gasteiger partial charge in [0, 0.05) is 24.4 Å². The SMILES string of the molecule is O=C(C=Cc1cccc([N+](=O)[O-])c1)Oc1cccnc1. The van der Waals surface area contributed by atoms with E-state index in [1.807, 2.05) is 0 Å². The Morgan fingerprint density at radius 2 is 2.15 bits per heavy atom. The quantitative estimate of drug-likeness (QED) is 0.369. The lowest BCUT2D eigenvalue weighted by atomic mass is 10.2. The Morgan fingerprint density at radius 3 is 2.85 bits per heavy atom. The van der Waals surface area contributed by atoms with Gasteiger partial charge in [-0.15, -0.1) is 0 Å². The maximum atomic E-state index is 11.5. The van der Waals surface area contributed by atoms with Crippen molar-refractivity contribution in [3.8, 4) is 5.75 Å². The summed E-state index contributed by atoms with van der Waals surface area (Å²) in [5.41, 5.74) is 0.509. The molecule has 1 aromatic heterocycles. The molecule has 0 saturated heterocycles. The van der Waals surface area contributed by atoms with E-state index in [9.17, 15) is 14.9 Å². The van der Waals surface area contributed by atoms with Gasteiger partial charge in [0.2, 0.25) is 0 Å². The highest BCUT2D eigenvalue weighted by atomic mass is 16.6. The van der Waals surface area contributed by atoms with Crippen molar-refractivity contribution in [3.63, 3.8) is 0 Å². The van der Waals surface area contributed by atoms with Gasteiger partial charge in [0.1, 0.15) is 5.75 Å². The highest BCUT2D eigenvalue weighted by Crippen LogP contribution is 2.14. The monoisotopic (exact) mass is 270 g/mol. The number of benzene rings is 1. The number of nitro benzene ring substituents is 1. The first-order valence-corrected chi connectivity index (χ1v) is 5.69. The molecule has 2 rings (SSSR count). The van der Waals surface area contributed by atoms with Crippen LogP contribution in [0.15, 0.2) is 54.9 Å². The van der Waals surface area contributed by atoms with E-state index in [0.29, 0.717) is 11.3 Å². The molecule has 2 aromatic rings. The number of esters is 1. The van der Waals surface area contributed by atoms with Gasteiger partial charge in [-0.1, -0.05) is 12.1 Å². The molecule has 0 spiro atoms. The van der Waals surface area contributed by atoms with Crippen LogP contribution in [0.5, 0.6) is 5.75 Å². The summed E-state index contributed by atoms with van der Waals surface area (Å²) in [6.07, 6.45) is 5.63. The molecular weight excluding hydrogens is 260 g/mol. The van der Waals surface area contributed by atoms with Crippen LogP contribution in [0.4, 0.5) is 5.69 Å². The molecule has 6 heteroatoms. The van der Waals surface area contributed by atoms with Gasteiger partial charge in [0.05, 0.1) is 11.1 Å². The van der Waals surface area contributed by atoms with Gasteiger partial charge in [-0.25, -0.2) is 4.79 Å². The predicted octanol–water partition coefficient (Wildman–Crippen LogP) is 2.61. The van der Waals surface area contributed by atoms with Crippen molar-refractivity contribution >= 4 is 17.7 Å². The van der Waals surface area contributed by atoms with Gasteiger partial charge in [-0.05, 0) is 23.8 Å². The fourth-order valence-electron chi connectivity index (χ4n) is 1.46. The van der Waals surface area contributed by atoms with Gasteiger partial charge in [-0.2, -0.15) is 0 Å². The summed E-state index contributed by atoms with van der Waals surface area (Å²) in [7, 11) is 0. The Labute approximate surface area is 114 Å². The molecule has 1 aromatic carbocycles. The number of nitro groups is 1. The van der Waals surface area contributed by atoms with E-state index in [0.717, 1.165) is 0 Å². The Kier molecular flexibility index (Phi) is 4.18. The van der Waals surface area contributed by atoms with Gasteiger partial charge in [0.15, 0.2) is 0 Å². The van der Waals surface area contributed by atoms with Crippen molar-refractivity contribution in [1.29, 1.82) is 0 Å². The minimum atomic E-state index is -0.579. The van der Waals surface area contributed by atoms with Crippen molar-refractivity contribution in [2.24, 2.45) is 0 Å². The number of hydrogen-bond donors (Lipinski definition) is 0. The third-order valence-electron chi connectivity index (χ3n) is 2.35. The standard InChI is InChI=1S/C14H10N2O4/c17-14(20-13-5-2-8-15-10-13)7-6-11-3-1-4-12(9-11)16(18)19/h1-10H. The summed E-state index contributed by atoms with van der Waals surface area (Å²) >= 11 is 0. The minimum absolute atomic E-state index is 0.0345. The van der Waals surface area contributed by atoms with E-state index in [2.05, 4.69) is 4.98 Å². The van der Waals surface area contributed by atoms with Crippen molar-refractivity contribution in [2.45, 2.75) is 0 Å². The van der Waals surface area contributed by atoms with Crippen molar-refractivity contribution in [1.82, 2.24) is 4.98 Å². The summed E-state index contributed by atoms with van der Waals surface area (Å²) < 4.78 is 4.99. The third-order valence-corrected chi connectivity index (χ3v) is 2.35. The Bertz CT molecular complexity index is 653. The van der Waals surface area contributed by atoms with Crippen LogP contribution < -0.4 is 4.74 Å². The second-order valence-electron chi connectivity index (χ2n) is 3.80. The average Bonchev–Trinajstić information content (AvgIpc) is 2.46. The molecular formula is C14H10N2O4. The molecule has 100 valence electrons. The summed E-state index contributed by atoms with van der Waals surface area (Å²) in [5.74, 6) is -0.245. The molecule has 0 fully saturated rings. The van der Waals surface area contributed by atoms with Crippen molar-refractivity contribution < 1.29 is 14.5 Å². The van der Waals surface area contributed by atoms with Gasteiger partial charge >= 0.3 is 5.97 Å². The van der Waals surface area contributed by atoms with E-state index >= 15 is 0 Å². The van der Waals surface area contributed by atoms with E-state index in [1.54, 1.807) is 30.5 Å². The Morgan fingerprint density at radius 1 is 1.30 bits per heavy atom. The Balaban J connectivity index is 2.04.